The van der Waals surface area contributed by atoms with Crippen LogP contribution < -0.4 is 0 Å². The highest BCUT2D eigenvalue weighted by molar-refractivity contribution is 7.85. The zero-order valence-electron chi connectivity index (χ0n) is 7.26. The van der Waals surface area contributed by atoms with Gasteiger partial charge in [0.1, 0.15) is 5.75 Å². The molecule has 14 heavy (non-hydrogen) atoms. The van der Waals surface area contributed by atoms with Crippen molar-refractivity contribution in [3.63, 3.8) is 0 Å². The quantitative estimate of drug-likeness (QED) is 0.562. The lowest BCUT2D eigenvalue weighted by molar-refractivity contribution is 0.112. The summed E-state index contributed by atoms with van der Waals surface area (Å²) in [6, 6.07) is 2.08. The van der Waals surface area contributed by atoms with Gasteiger partial charge in [-0.15, -0.1) is 0 Å². The number of phenolic OH excluding ortho intramolecular Hbond substituents is 1. The third-order valence-electron chi connectivity index (χ3n) is 1.84. The normalized spacial score (nSPS) is 11.3. The molecule has 0 heterocycles. The molecule has 1 aromatic carbocycles. The molecule has 0 bridgehead atoms. The van der Waals surface area contributed by atoms with Gasteiger partial charge in [-0.25, -0.2) is 0 Å². The molecular formula is C8H8O5S. The highest BCUT2D eigenvalue weighted by Crippen LogP contribution is 2.24. The molecule has 0 atom stereocenters. The smallest absolute Gasteiger partial charge is 0.294 e. The van der Waals surface area contributed by atoms with Crippen LogP contribution >= 0.6 is 0 Å². The fourth-order valence-electron chi connectivity index (χ4n) is 1.12. The summed E-state index contributed by atoms with van der Waals surface area (Å²) in [6.07, 6.45) is 0.333. The Hall–Kier alpha value is -1.40. The molecule has 0 radical (unpaired) electrons. The molecule has 0 saturated heterocycles. The Kier molecular flexibility index (Phi) is 2.59. The summed E-state index contributed by atoms with van der Waals surface area (Å²) in [6.45, 7) is 1.33. The summed E-state index contributed by atoms with van der Waals surface area (Å²) in [5, 5.41) is 9.17. The minimum atomic E-state index is -4.35. The van der Waals surface area contributed by atoms with Crippen LogP contribution in [0.2, 0.25) is 0 Å². The van der Waals surface area contributed by atoms with E-state index in [2.05, 4.69) is 0 Å². The first-order valence-electron chi connectivity index (χ1n) is 3.63. The number of hydrogen-bond donors (Lipinski definition) is 2. The number of hydrogen-bond acceptors (Lipinski definition) is 4. The van der Waals surface area contributed by atoms with E-state index in [-0.39, 0.29) is 21.8 Å². The van der Waals surface area contributed by atoms with Crippen molar-refractivity contribution < 1.29 is 22.9 Å². The van der Waals surface area contributed by atoms with Crippen molar-refractivity contribution in [2.45, 2.75) is 11.8 Å². The Labute approximate surface area is 80.7 Å². The molecule has 0 aliphatic carbocycles. The number of rotatable bonds is 2. The van der Waals surface area contributed by atoms with Crippen molar-refractivity contribution >= 4 is 16.4 Å². The highest BCUT2D eigenvalue weighted by Gasteiger charge is 2.17. The maximum Gasteiger partial charge on any atom is 0.294 e. The standard InChI is InChI=1S/C8H8O5S/c1-5-6(4-9)7(10)2-3-8(5)14(11,12)13/h2-4,10H,1H3,(H,11,12,13). The number of phenols is 1. The number of benzene rings is 1. The van der Waals surface area contributed by atoms with E-state index in [1.165, 1.54) is 6.92 Å². The molecule has 0 aliphatic rings. The van der Waals surface area contributed by atoms with Gasteiger partial charge in [0.05, 0.1) is 10.5 Å². The van der Waals surface area contributed by atoms with Crippen LogP contribution in [0.15, 0.2) is 17.0 Å². The Bertz CT molecular complexity index is 475. The number of carbonyl (C=O) groups is 1. The first kappa shape index (κ1) is 10.7. The maximum absolute atomic E-state index is 10.8. The van der Waals surface area contributed by atoms with E-state index in [1.54, 1.807) is 0 Å². The number of carbonyl (C=O) groups excluding carboxylic acids is 1. The molecule has 0 spiro atoms. The van der Waals surface area contributed by atoms with Crippen molar-refractivity contribution in [1.82, 2.24) is 0 Å². The van der Waals surface area contributed by atoms with Crippen molar-refractivity contribution in [3.8, 4) is 5.75 Å². The predicted molar refractivity (Wildman–Crippen MR) is 48.0 cm³/mol. The first-order valence-corrected chi connectivity index (χ1v) is 5.07. The molecule has 1 aromatic rings. The molecule has 76 valence electrons. The van der Waals surface area contributed by atoms with E-state index in [0.717, 1.165) is 12.1 Å². The van der Waals surface area contributed by atoms with E-state index in [4.69, 9.17) is 4.55 Å². The van der Waals surface area contributed by atoms with Gasteiger partial charge >= 0.3 is 0 Å². The van der Waals surface area contributed by atoms with Crippen LogP contribution in [-0.4, -0.2) is 24.4 Å². The first-order chi connectivity index (χ1) is 6.38. The van der Waals surface area contributed by atoms with Crippen LogP contribution in [0.1, 0.15) is 15.9 Å². The molecule has 2 N–H and O–H groups in total. The van der Waals surface area contributed by atoms with E-state index in [0.29, 0.717) is 6.29 Å². The van der Waals surface area contributed by atoms with Gasteiger partial charge in [0.15, 0.2) is 6.29 Å². The third-order valence-corrected chi connectivity index (χ3v) is 2.84. The minimum absolute atomic E-state index is 0.0301. The fraction of sp³-hybridized carbons (Fsp3) is 0.125. The molecule has 0 aliphatic heterocycles. The Morgan fingerprint density at radius 1 is 1.36 bits per heavy atom. The van der Waals surface area contributed by atoms with Crippen molar-refractivity contribution in [3.05, 3.63) is 23.3 Å². The lowest BCUT2D eigenvalue weighted by Crippen LogP contribution is -2.03. The minimum Gasteiger partial charge on any atom is -0.507 e. The molecule has 5 nitrogen and oxygen atoms in total. The average molecular weight is 216 g/mol. The Morgan fingerprint density at radius 3 is 2.36 bits per heavy atom. The number of aldehydes is 1. The molecule has 0 unspecified atom stereocenters. The lowest BCUT2D eigenvalue weighted by atomic mass is 10.1. The summed E-state index contributed by atoms with van der Waals surface area (Å²) < 4.78 is 30.3. The van der Waals surface area contributed by atoms with Gasteiger partial charge in [0.25, 0.3) is 10.1 Å². The zero-order chi connectivity index (χ0) is 10.9. The second-order valence-electron chi connectivity index (χ2n) is 2.71. The summed E-state index contributed by atoms with van der Waals surface area (Å²) >= 11 is 0. The summed E-state index contributed by atoms with van der Waals surface area (Å²) in [5.74, 6) is -0.315. The number of aromatic hydroxyl groups is 1. The van der Waals surface area contributed by atoms with Crippen molar-refractivity contribution in [2.24, 2.45) is 0 Å². The van der Waals surface area contributed by atoms with Crippen LogP contribution in [0.5, 0.6) is 5.75 Å². The predicted octanol–water partition coefficient (Wildman–Crippen LogP) is 0.760. The maximum atomic E-state index is 10.8. The second-order valence-corrected chi connectivity index (χ2v) is 4.10. The molecule has 0 aromatic heterocycles. The fourth-order valence-corrected chi connectivity index (χ4v) is 1.86. The van der Waals surface area contributed by atoms with Crippen molar-refractivity contribution in [1.29, 1.82) is 0 Å². The van der Waals surface area contributed by atoms with Crippen LogP contribution in [-0.2, 0) is 10.1 Å². The molecule has 6 heteroatoms. The zero-order valence-corrected chi connectivity index (χ0v) is 8.08. The van der Waals surface area contributed by atoms with E-state index >= 15 is 0 Å². The lowest BCUT2D eigenvalue weighted by Gasteiger charge is -2.05. The molecule has 1 rings (SSSR count). The van der Waals surface area contributed by atoms with Gasteiger partial charge < -0.3 is 5.11 Å². The van der Waals surface area contributed by atoms with Crippen molar-refractivity contribution in [2.75, 3.05) is 0 Å². The monoisotopic (exact) mass is 216 g/mol. The molecular weight excluding hydrogens is 208 g/mol. The summed E-state index contributed by atoms with van der Waals surface area (Å²) in [5.41, 5.74) is -0.109. The van der Waals surface area contributed by atoms with Gasteiger partial charge in [-0.1, -0.05) is 0 Å². The van der Waals surface area contributed by atoms with E-state index in [9.17, 15) is 18.3 Å². The van der Waals surface area contributed by atoms with Crippen LogP contribution in [0, 0.1) is 6.92 Å². The Balaban J connectivity index is 3.60. The van der Waals surface area contributed by atoms with Crippen LogP contribution in [0.3, 0.4) is 0 Å². The van der Waals surface area contributed by atoms with Gasteiger partial charge in [0, 0.05) is 0 Å². The molecule has 0 saturated carbocycles. The van der Waals surface area contributed by atoms with Gasteiger partial charge in [-0.05, 0) is 24.6 Å². The second kappa shape index (κ2) is 3.39. The highest BCUT2D eigenvalue weighted by atomic mass is 32.2. The molecule has 0 fully saturated rings. The SMILES string of the molecule is Cc1c(S(=O)(=O)O)ccc(O)c1C=O. The Morgan fingerprint density at radius 2 is 1.93 bits per heavy atom. The summed E-state index contributed by atoms with van der Waals surface area (Å²) in [4.78, 5) is 10.1. The van der Waals surface area contributed by atoms with Gasteiger partial charge in [-0.3, -0.25) is 9.35 Å². The van der Waals surface area contributed by atoms with E-state index in [1.807, 2.05) is 0 Å². The topological polar surface area (TPSA) is 91.7 Å². The van der Waals surface area contributed by atoms with Gasteiger partial charge in [0.2, 0.25) is 0 Å². The van der Waals surface area contributed by atoms with E-state index < -0.39 is 10.1 Å². The van der Waals surface area contributed by atoms with Crippen LogP contribution in [0.25, 0.3) is 0 Å². The van der Waals surface area contributed by atoms with Crippen LogP contribution in [0.4, 0.5) is 0 Å². The van der Waals surface area contributed by atoms with Gasteiger partial charge in [-0.2, -0.15) is 8.42 Å². The average Bonchev–Trinajstić information content (AvgIpc) is 2.02. The molecule has 0 amide bonds. The summed E-state index contributed by atoms with van der Waals surface area (Å²) in [7, 11) is -4.35. The third kappa shape index (κ3) is 1.75. The largest absolute Gasteiger partial charge is 0.507 e.